The van der Waals surface area contributed by atoms with E-state index >= 15 is 0 Å². The van der Waals surface area contributed by atoms with Crippen LogP contribution in [0.25, 0.3) is 10.6 Å². The molecule has 0 aliphatic rings. The highest BCUT2D eigenvalue weighted by atomic mass is 35.5. The molecule has 0 atom stereocenters. The Morgan fingerprint density at radius 3 is 2.86 bits per heavy atom. The van der Waals surface area contributed by atoms with Gasteiger partial charge in [-0.1, -0.05) is 25.4 Å². The smallest absolute Gasteiger partial charge is 0.270 e. The van der Waals surface area contributed by atoms with Crippen LogP contribution in [0.1, 0.15) is 37.2 Å². The molecule has 0 saturated heterocycles. The van der Waals surface area contributed by atoms with Crippen molar-refractivity contribution in [3.8, 4) is 16.3 Å². The zero-order valence-electron chi connectivity index (χ0n) is 12.7. The monoisotopic (exact) mass is 338 g/mol. The normalized spacial score (nSPS) is 10.5. The Kier molecular flexibility index (Phi) is 6.21. The zero-order chi connectivity index (χ0) is 15.9. The maximum absolute atomic E-state index is 11.9. The van der Waals surface area contributed by atoms with Gasteiger partial charge in [0.05, 0.1) is 11.6 Å². The Morgan fingerprint density at radius 1 is 1.36 bits per heavy atom. The maximum Gasteiger partial charge on any atom is 0.270 e. The SMILES string of the molecule is CCCNC(=O)c1csc(-c2ccc(OCCC)cc2Cl)n1. The van der Waals surface area contributed by atoms with Gasteiger partial charge in [-0.15, -0.1) is 11.3 Å². The van der Waals surface area contributed by atoms with E-state index < -0.39 is 0 Å². The molecule has 1 aromatic carbocycles. The van der Waals surface area contributed by atoms with Gasteiger partial charge in [0.25, 0.3) is 5.91 Å². The molecule has 0 aliphatic heterocycles. The molecule has 1 aromatic heterocycles. The molecule has 0 spiro atoms. The van der Waals surface area contributed by atoms with Crippen LogP contribution in [0.3, 0.4) is 0 Å². The van der Waals surface area contributed by atoms with Gasteiger partial charge in [-0.3, -0.25) is 4.79 Å². The Hall–Kier alpha value is -1.59. The highest BCUT2D eigenvalue weighted by Crippen LogP contribution is 2.33. The van der Waals surface area contributed by atoms with Crippen LogP contribution < -0.4 is 10.1 Å². The zero-order valence-corrected chi connectivity index (χ0v) is 14.3. The molecule has 1 heterocycles. The van der Waals surface area contributed by atoms with E-state index in [1.54, 1.807) is 11.4 Å². The van der Waals surface area contributed by atoms with Gasteiger partial charge in [-0.2, -0.15) is 0 Å². The second kappa shape index (κ2) is 8.15. The van der Waals surface area contributed by atoms with Crippen molar-refractivity contribution in [1.29, 1.82) is 0 Å². The van der Waals surface area contributed by atoms with Gasteiger partial charge in [0.1, 0.15) is 16.5 Å². The predicted molar refractivity (Wildman–Crippen MR) is 91.0 cm³/mol. The van der Waals surface area contributed by atoms with E-state index in [-0.39, 0.29) is 5.91 Å². The molecule has 118 valence electrons. The molecule has 0 radical (unpaired) electrons. The number of aromatic nitrogens is 1. The molecule has 22 heavy (non-hydrogen) atoms. The van der Waals surface area contributed by atoms with Crippen LogP contribution in [-0.2, 0) is 0 Å². The topological polar surface area (TPSA) is 51.2 Å². The molecule has 0 unspecified atom stereocenters. The molecule has 2 rings (SSSR count). The predicted octanol–water partition coefficient (Wildman–Crippen LogP) is 4.39. The second-order valence-electron chi connectivity index (χ2n) is 4.78. The molecular weight excluding hydrogens is 320 g/mol. The number of amides is 1. The minimum absolute atomic E-state index is 0.150. The molecule has 0 aliphatic carbocycles. The van der Waals surface area contributed by atoms with Crippen molar-refractivity contribution < 1.29 is 9.53 Å². The molecule has 1 N–H and O–H groups in total. The summed E-state index contributed by atoms with van der Waals surface area (Å²) in [6.45, 7) is 5.37. The maximum atomic E-state index is 11.9. The van der Waals surface area contributed by atoms with Gasteiger partial charge in [0.2, 0.25) is 0 Å². The van der Waals surface area contributed by atoms with E-state index in [9.17, 15) is 4.79 Å². The lowest BCUT2D eigenvalue weighted by Crippen LogP contribution is -2.24. The molecule has 1 amide bonds. The molecule has 4 nitrogen and oxygen atoms in total. The van der Waals surface area contributed by atoms with Gasteiger partial charge in [0.15, 0.2) is 0 Å². The Morgan fingerprint density at radius 2 is 2.18 bits per heavy atom. The van der Waals surface area contributed by atoms with Crippen molar-refractivity contribution in [2.24, 2.45) is 0 Å². The summed E-state index contributed by atoms with van der Waals surface area (Å²) in [5.74, 6) is 0.594. The first-order valence-corrected chi connectivity index (χ1v) is 8.58. The van der Waals surface area contributed by atoms with Crippen molar-refractivity contribution in [3.63, 3.8) is 0 Å². The van der Waals surface area contributed by atoms with Gasteiger partial charge in [-0.25, -0.2) is 4.98 Å². The van der Waals surface area contributed by atoms with Crippen LogP contribution in [0.15, 0.2) is 23.6 Å². The molecule has 2 aromatic rings. The van der Waals surface area contributed by atoms with Crippen molar-refractivity contribution in [2.45, 2.75) is 26.7 Å². The standard InChI is InChI=1S/C16H19ClN2O2S/c1-3-7-18-15(20)14-10-22-16(19-14)12-6-5-11(9-13(12)17)21-8-4-2/h5-6,9-10H,3-4,7-8H2,1-2H3,(H,18,20). The largest absolute Gasteiger partial charge is 0.494 e. The molecular formula is C16H19ClN2O2S. The highest BCUT2D eigenvalue weighted by Gasteiger charge is 2.13. The summed E-state index contributed by atoms with van der Waals surface area (Å²) < 4.78 is 5.55. The van der Waals surface area contributed by atoms with E-state index in [1.807, 2.05) is 19.1 Å². The van der Waals surface area contributed by atoms with Crippen molar-refractivity contribution in [1.82, 2.24) is 10.3 Å². The van der Waals surface area contributed by atoms with Crippen LogP contribution >= 0.6 is 22.9 Å². The van der Waals surface area contributed by atoms with E-state index in [0.717, 1.165) is 29.2 Å². The van der Waals surface area contributed by atoms with Crippen LogP contribution in [-0.4, -0.2) is 24.0 Å². The van der Waals surface area contributed by atoms with E-state index in [1.165, 1.54) is 11.3 Å². The van der Waals surface area contributed by atoms with Crippen LogP contribution in [0, 0.1) is 0 Å². The van der Waals surface area contributed by atoms with Crippen LogP contribution in [0.2, 0.25) is 5.02 Å². The van der Waals surface area contributed by atoms with Gasteiger partial charge < -0.3 is 10.1 Å². The summed E-state index contributed by atoms with van der Waals surface area (Å²) in [7, 11) is 0. The van der Waals surface area contributed by atoms with Crippen LogP contribution in [0.4, 0.5) is 0 Å². The Labute approximate surface area is 139 Å². The minimum atomic E-state index is -0.150. The number of benzene rings is 1. The number of carbonyl (C=O) groups excluding carboxylic acids is 1. The fourth-order valence-electron chi connectivity index (χ4n) is 1.81. The highest BCUT2D eigenvalue weighted by molar-refractivity contribution is 7.13. The molecule has 0 bridgehead atoms. The number of carbonyl (C=O) groups is 1. The number of hydrogen-bond donors (Lipinski definition) is 1. The Bertz CT molecular complexity index is 643. The van der Waals surface area contributed by atoms with Crippen LogP contribution in [0.5, 0.6) is 5.75 Å². The van der Waals surface area contributed by atoms with E-state index in [2.05, 4.69) is 17.2 Å². The third kappa shape index (κ3) is 4.21. The lowest BCUT2D eigenvalue weighted by molar-refractivity contribution is 0.0949. The first kappa shape index (κ1) is 16.8. The summed E-state index contributed by atoms with van der Waals surface area (Å²) in [4.78, 5) is 16.3. The summed E-state index contributed by atoms with van der Waals surface area (Å²) in [5.41, 5.74) is 1.24. The summed E-state index contributed by atoms with van der Waals surface area (Å²) in [6, 6.07) is 5.53. The fraction of sp³-hybridized carbons (Fsp3) is 0.375. The minimum Gasteiger partial charge on any atom is -0.494 e. The summed E-state index contributed by atoms with van der Waals surface area (Å²) >= 11 is 7.71. The third-order valence-electron chi connectivity index (χ3n) is 2.92. The number of nitrogens with one attached hydrogen (secondary N) is 1. The summed E-state index contributed by atoms with van der Waals surface area (Å²) in [6.07, 6.45) is 1.84. The average molecular weight is 339 g/mol. The number of hydrogen-bond acceptors (Lipinski definition) is 4. The number of ether oxygens (including phenoxy) is 1. The fourth-order valence-corrected chi connectivity index (χ4v) is 2.96. The van der Waals surface area contributed by atoms with Gasteiger partial charge in [0, 0.05) is 17.5 Å². The molecule has 6 heteroatoms. The number of nitrogens with zero attached hydrogens (tertiary/aromatic N) is 1. The molecule has 0 fully saturated rings. The van der Waals surface area contributed by atoms with Gasteiger partial charge in [-0.05, 0) is 31.0 Å². The first-order valence-electron chi connectivity index (χ1n) is 7.32. The van der Waals surface area contributed by atoms with Crippen molar-refractivity contribution in [2.75, 3.05) is 13.2 Å². The average Bonchev–Trinajstić information content (AvgIpc) is 3.00. The van der Waals surface area contributed by atoms with E-state index in [4.69, 9.17) is 16.3 Å². The lowest BCUT2D eigenvalue weighted by Gasteiger charge is -2.06. The first-order chi connectivity index (χ1) is 10.7. The Balaban J connectivity index is 2.15. The van der Waals surface area contributed by atoms with Crippen molar-refractivity contribution in [3.05, 3.63) is 34.3 Å². The second-order valence-corrected chi connectivity index (χ2v) is 6.05. The third-order valence-corrected chi connectivity index (χ3v) is 4.10. The number of halogens is 1. The molecule has 0 saturated carbocycles. The summed E-state index contributed by atoms with van der Waals surface area (Å²) in [5, 5.41) is 5.86. The lowest BCUT2D eigenvalue weighted by atomic mass is 10.2. The number of thiazole rings is 1. The van der Waals surface area contributed by atoms with E-state index in [0.29, 0.717) is 23.9 Å². The van der Waals surface area contributed by atoms with Gasteiger partial charge >= 0.3 is 0 Å². The van der Waals surface area contributed by atoms with Crippen molar-refractivity contribution >= 4 is 28.8 Å². The number of rotatable bonds is 7. The quantitative estimate of drug-likeness (QED) is 0.814.